The van der Waals surface area contributed by atoms with Crippen LogP contribution in [0.3, 0.4) is 0 Å². The zero-order valence-electron chi connectivity index (χ0n) is 40.3. The van der Waals surface area contributed by atoms with Crippen LogP contribution in [0.25, 0.3) is 99.3 Å². The predicted molar refractivity (Wildman–Crippen MR) is 310 cm³/mol. The van der Waals surface area contributed by atoms with E-state index < -0.39 is 8.07 Å². The summed E-state index contributed by atoms with van der Waals surface area (Å²) < 4.78 is 12.6. The highest BCUT2D eigenvalue weighted by Gasteiger charge is 2.37. The van der Waals surface area contributed by atoms with E-state index in [0.717, 1.165) is 78.4 Å². The average molecular weight is 941 g/mol. The van der Waals surface area contributed by atoms with Gasteiger partial charge in [0.2, 0.25) is 0 Å². The first-order chi connectivity index (χ1) is 35.3. The third-order valence-electron chi connectivity index (χ3n) is 15.2. The topological polar surface area (TPSA) is 32.8 Å². The molecule has 0 spiro atoms. The van der Waals surface area contributed by atoms with Gasteiger partial charge in [-0.15, -0.1) is 0 Å². The van der Waals surface area contributed by atoms with Gasteiger partial charge in [-0.25, -0.2) is 0 Å². The van der Waals surface area contributed by atoms with E-state index in [2.05, 4.69) is 242 Å². The van der Waals surface area contributed by atoms with Crippen molar-refractivity contribution in [2.75, 3.05) is 9.80 Å². The lowest BCUT2D eigenvalue weighted by Gasteiger charge is -2.36. The van der Waals surface area contributed by atoms with Crippen LogP contribution in [0.4, 0.5) is 34.1 Å². The molecule has 0 atom stereocenters. The lowest BCUT2D eigenvalue weighted by atomic mass is 9.92. The number of fused-ring (bicyclic) bond motifs is 10. The van der Waals surface area contributed by atoms with E-state index in [1.807, 2.05) is 13.0 Å². The maximum atomic E-state index is 6.33. The largest absolute Gasteiger partial charge is 0.456 e. The predicted octanol–water partition coefficient (Wildman–Crippen LogP) is 18.4. The number of hydrogen-bond acceptors (Lipinski definition) is 4. The number of rotatable bonds is 8. The van der Waals surface area contributed by atoms with Gasteiger partial charge < -0.3 is 18.6 Å². The van der Waals surface area contributed by atoms with Gasteiger partial charge in [-0.3, -0.25) is 0 Å². The van der Waals surface area contributed by atoms with E-state index in [9.17, 15) is 0 Å². The second-order valence-electron chi connectivity index (χ2n) is 19.7. The van der Waals surface area contributed by atoms with Crippen molar-refractivity contribution < 1.29 is 8.83 Å². The number of allylic oxidation sites excluding steroid dienone is 1. The highest BCUT2D eigenvalue weighted by molar-refractivity contribution is 7.03. The van der Waals surface area contributed by atoms with E-state index in [-0.39, 0.29) is 0 Å². The SMILES string of the molecule is C=Cc1oc2ccc(N(c3ccc4ccccc4c3)c3ccc4cc5c6c(cccc6c4c3)[Si](C)(C)c3cc(N(c4ccc6ccccc6c4)c4ccc6oc7ccccc7c6c4)ccc3-5)cc2c1/C=C\C. The minimum Gasteiger partial charge on any atom is -0.456 e. The molecule has 0 radical (unpaired) electrons. The van der Waals surface area contributed by atoms with Crippen molar-refractivity contribution in [1.29, 1.82) is 0 Å². The van der Waals surface area contributed by atoms with Crippen molar-refractivity contribution in [2.24, 2.45) is 0 Å². The van der Waals surface area contributed by atoms with Gasteiger partial charge in [0, 0.05) is 55.8 Å². The Bertz CT molecular complexity index is 4440. The molecule has 0 N–H and O–H groups in total. The van der Waals surface area contributed by atoms with Crippen LogP contribution >= 0.6 is 0 Å². The quantitative estimate of drug-likeness (QED) is 0.112. The van der Waals surface area contributed by atoms with Crippen LogP contribution in [0.15, 0.2) is 228 Å². The smallest absolute Gasteiger partial charge is 0.135 e. The van der Waals surface area contributed by atoms with Gasteiger partial charge in [0.05, 0.1) is 0 Å². The Morgan fingerprint density at radius 2 is 0.931 bits per heavy atom. The molecule has 1 aliphatic heterocycles. The van der Waals surface area contributed by atoms with Gasteiger partial charge in [-0.05, 0) is 175 Å². The summed E-state index contributed by atoms with van der Waals surface area (Å²) in [6.45, 7) is 11.2. The van der Waals surface area contributed by atoms with Gasteiger partial charge in [0.25, 0.3) is 0 Å². The van der Waals surface area contributed by atoms with Crippen LogP contribution in [0.2, 0.25) is 13.1 Å². The third-order valence-corrected chi connectivity index (χ3v) is 18.8. The Morgan fingerprint density at radius 3 is 1.61 bits per heavy atom. The summed E-state index contributed by atoms with van der Waals surface area (Å²) >= 11 is 0. The summed E-state index contributed by atoms with van der Waals surface area (Å²) in [5.74, 6) is 0.773. The average Bonchev–Trinajstić information content (AvgIpc) is 3.97. The van der Waals surface area contributed by atoms with Crippen LogP contribution in [0.5, 0.6) is 0 Å². The molecular weight excluding hydrogens is 893 g/mol. The Kier molecular flexibility index (Phi) is 9.38. The highest BCUT2D eigenvalue weighted by atomic mass is 28.3. The lowest BCUT2D eigenvalue weighted by molar-refractivity contribution is 0.603. The van der Waals surface area contributed by atoms with Gasteiger partial charge in [-0.2, -0.15) is 0 Å². The Balaban J connectivity index is 0.943. The second kappa shape index (κ2) is 16.1. The van der Waals surface area contributed by atoms with E-state index in [0.29, 0.717) is 0 Å². The molecule has 2 aromatic heterocycles. The van der Waals surface area contributed by atoms with Crippen molar-refractivity contribution in [2.45, 2.75) is 20.0 Å². The molecule has 342 valence electrons. The minimum absolute atomic E-state index is 0.773. The van der Waals surface area contributed by atoms with Crippen molar-refractivity contribution >= 4 is 141 Å². The molecule has 0 bridgehead atoms. The summed E-state index contributed by atoms with van der Waals surface area (Å²) in [5.41, 5.74) is 12.8. The van der Waals surface area contributed by atoms with Gasteiger partial charge in [-0.1, -0.05) is 141 Å². The molecule has 0 unspecified atom stereocenters. The number of nitrogens with zero attached hydrogens (tertiary/aromatic N) is 2. The van der Waals surface area contributed by atoms with Crippen molar-refractivity contribution in [3.8, 4) is 11.1 Å². The highest BCUT2D eigenvalue weighted by Crippen LogP contribution is 2.46. The van der Waals surface area contributed by atoms with Gasteiger partial charge in [0.1, 0.15) is 30.6 Å². The minimum atomic E-state index is -2.32. The normalized spacial score (nSPS) is 13.0. The molecule has 72 heavy (non-hydrogen) atoms. The molecule has 0 amide bonds. The molecule has 5 heteroatoms. The van der Waals surface area contributed by atoms with E-state index >= 15 is 0 Å². The fourth-order valence-corrected chi connectivity index (χ4v) is 14.9. The van der Waals surface area contributed by atoms with Crippen LogP contribution in [-0.4, -0.2) is 8.07 Å². The Labute approximate surface area is 418 Å². The second-order valence-corrected chi connectivity index (χ2v) is 24.0. The molecule has 3 heterocycles. The monoisotopic (exact) mass is 940 g/mol. The van der Waals surface area contributed by atoms with E-state index in [4.69, 9.17) is 8.83 Å². The van der Waals surface area contributed by atoms with Crippen molar-refractivity contribution in [3.05, 3.63) is 230 Å². The zero-order chi connectivity index (χ0) is 48.2. The fourth-order valence-electron chi connectivity index (χ4n) is 11.8. The molecule has 1 aliphatic rings. The number of para-hydroxylation sites is 1. The number of hydrogen-bond donors (Lipinski definition) is 0. The Morgan fingerprint density at radius 1 is 0.403 bits per heavy atom. The molecule has 0 aliphatic carbocycles. The molecule has 11 aromatic carbocycles. The Hall–Kier alpha value is -8.90. The maximum absolute atomic E-state index is 6.33. The summed E-state index contributed by atoms with van der Waals surface area (Å²) in [7, 11) is -2.32. The van der Waals surface area contributed by atoms with E-state index in [1.54, 1.807) is 6.08 Å². The van der Waals surface area contributed by atoms with Crippen LogP contribution < -0.4 is 20.2 Å². The van der Waals surface area contributed by atoms with Crippen LogP contribution in [0.1, 0.15) is 18.2 Å². The van der Waals surface area contributed by atoms with E-state index in [1.165, 1.54) is 64.6 Å². The summed E-state index contributed by atoms with van der Waals surface area (Å²) in [6.07, 6.45) is 5.97. The molecular formula is C67H48N2O2Si. The first kappa shape index (κ1) is 42.0. The molecule has 13 aromatic rings. The van der Waals surface area contributed by atoms with Crippen LogP contribution in [-0.2, 0) is 0 Å². The van der Waals surface area contributed by atoms with Gasteiger partial charge in [0.15, 0.2) is 0 Å². The summed E-state index contributed by atoms with van der Waals surface area (Å²) in [6, 6.07) is 76.0. The van der Waals surface area contributed by atoms with Crippen LogP contribution in [0, 0.1) is 0 Å². The summed E-state index contributed by atoms with van der Waals surface area (Å²) in [5, 5.41) is 16.1. The first-order valence-corrected chi connectivity index (χ1v) is 27.8. The maximum Gasteiger partial charge on any atom is 0.135 e. The lowest BCUT2D eigenvalue weighted by Crippen LogP contribution is -2.56. The summed E-state index contributed by atoms with van der Waals surface area (Å²) in [4.78, 5) is 4.83. The van der Waals surface area contributed by atoms with Crippen molar-refractivity contribution in [1.82, 2.24) is 0 Å². The molecule has 0 saturated carbocycles. The number of anilines is 6. The molecule has 0 fully saturated rings. The third kappa shape index (κ3) is 6.44. The zero-order valence-corrected chi connectivity index (χ0v) is 41.3. The first-order valence-electron chi connectivity index (χ1n) is 24.8. The fraction of sp³-hybridized carbons (Fsp3) is 0.0448. The number of benzene rings is 11. The standard InChI is InChI=1S/C67H48N2O2Si/c1-5-14-53-58-39-50(30-33-63(58)70-61(53)6-2)68(47-26-23-42-15-7-9-17-44(42)35-47)49-28-25-46-37-60-55-32-29-52(41-66(55)72(3,4)65-22-13-20-56(67(60)65)57(46)38-49)69(48-27-24-43-16-8-10-18-45(43)36-48)51-31-34-64-59(40-51)54-19-11-12-21-62(54)71-64/h5-41H,2H2,1,3-4H3/b14-5-. The number of furan rings is 2. The molecule has 4 nitrogen and oxygen atoms in total. The molecule has 0 saturated heterocycles. The van der Waals surface area contributed by atoms with Crippen molar-refractivity contribution in [3.63, 3.8) is 0 Å². The molecule has 14 rings (SSSR count). The van der Waals surface area contributed by atoms with Gasteiger partial charge >= 0.3 is 0 Å².